The molecule has 1 aliphatic rings. The molecule has 12 heteroatoms. The number of amides is 1. The van der Waals surface area contributed by atoms with Gasteiger partial charge in [0.1, 0.15) is 11.6 Å². The number of nitriles is 1. The minimum atomic E-state index is -4.84. The van der Waals surface area contributed by atoms with E-state index in [0.717, 1.165) is 10.6 Å². The molecular formula is C16H15F3N8O. The Morgan fingerprint density at radius 1 is 1.21 bits per heavy atom. The van der Waals surface area contributed by atoms with Gasteiger partial charge in [-0.2, -0.15) is 23.6 Å². The van der Waals surface area contributed by atoms with E-state index in [1.54, 1.807) is 24.3 Å². The molecule has 0 spiro atoms. The Bertz CT molecular complexity index is 878. The zero-order chi connectivity index (χ0) is 20.1. The molecule has 1 amide bonds. The van der Waals surface area contributed by atoms with Crippen LogP contribution >= 0.6 is 0 Å². The van der Waals surface area contributed by atoms with E-state index in [0.29, 0.717) is 18.8 Å². The predicted octanol–water partition coefficient (Wildman–Crippen LogP) is 1.39. The molecule has 0 bridgehead atoms. The topological polar surface area (TPSA) is 114 Å². The Hall–Kier alpha value is -3.62. The number of alkyl halides is 3. The van der Waals surface area contributed by atoms with Crippen molar-refractivity contribution in [3.05, 3.63) is 36.3 Å². The number of carbonyl (C=O) groups excluding carboxylic acids is 1. The van der Waals surface area contributed by atoms with Gasteiger partial charge in [-0.1, -0.05) is 0 Å². The molecule has 0 unspecified atom stereocenters. The lowest BCUT2D eigenvalue weighted by atomic mass is 10.2. The van der Waals surface area contributed by atoms with Crippen LogP contribution in [-0.4, -0.2) is 63.8 Å². The Morgan fingerprint density at radius 3 is 2.43 bits per heavy atom. The molecule has 2 heterocycles. The number of rotatable bonds is 4. The summed E-state index contributed by atoms with van der Waals surface area (Å²) in [6.45, 7) is 0.643. The molecule has 0 radical (unpaired) electrons. The van der Waals surface area contributed by atoms with Gasteiger partial charge in [-0.15, -0.1) is 10.2 Å². The number of nitrogens with one attached hydrogen (secondary N) is 2. The van der Waals surface area contributed by atoms with Gasteiger partial charge < -0.3 is 15.1 Å². The molecule has 1 aromatic carbocycles. The van der Waals surface area contributed by atoms with E-state index < -0.39 is 12.1 Å². The molecular weight excluding hydrogens is 377 g/mol. The number of benzene rings is 1. The lowest BCUT2D eigenvalue weighted by Gasteiger charge is -2.36. The van der Waals surface area contributed by atoms with Gasteiger partial charge in [-0.25, -0.2) is 0 Å². The van der Waals surface area contributed by atoms with E-state index in [4.69, 9.17) is 5.26 Å². The fraction of sp³-hybridized carbons (Fsp3) is 0.312. The van der Waals surface area contributed by atoms with Crippen molar-refractivity contribution in [1.29, 1.82) is 5.26 Å². The fourth-order valence-corrected chi connectivity index (χ4v) is 2.69. The summed E-state index contributed by atoms with van der Waals surface area (Å²) in [7, 11) is 0. The van der Waals surface area contributed by atoms with E-state index in [-0.39, 0.29) is 24.5 Å². The number of aromatic amines is 1. The van der Waals surface area contributed by atoms with Gasteiger partial charge in [0.25, 0.3) is 0 Å². The summed E-state index contributed by atoms with van der Waals surface area (Å²) >= 11 is 0. The summed E-state index contributed by atoms with van der Waals surface area (Å²) in [6.07, 6.45) is -3.39. The van der Waals surface area contributed by atoms with Crippen molar-refractivity contribution in [2.75, 3.05) is 36.4 Å². The molecule has 2 aromatic rings. The zero-order valence-electron chi connectivity index (χ0n) is 14.4. The maximum atomic E-state index is 12.5. The molecule has 1 saturated heterocycles. The molecule has 1 fully saturated rings. The van der Waals surface area contributed by atoms with Crippen molar-refractivity contribution in [3.63, 3.8) is 0 Å². The smallest absolute Gasteiger partial charge is 0.368 e. The largest absolute Gasteiger partial charge is 0.471 e. The van der Waals surface area contributed by atoms with Crippen LogP contribution in [0.15, 0.2) is 30.5 Å². The number of carbonyl (C=O) groups is 1. The molecule has 1 aliphatic heterocycles. The summed E-state index contributed by atoms with van der Waals surface area (Å²) in [5.41, 5.74) is 1.72. The van der Waals surface area contributed by atoms with Gasteiger partial charge >= 0.3 is 12.1 Å². The second-order valence-corrected chi connectivity index (χ2v) is 5.87. The molecule has 146 valence electrons. The summed E-state index contributed by atoms with van der Waals surface area (Å²) < 4.78 is 37.5. The molecule has 0 aliphatic carbocycles. The van der Waals surface area contributed by atoms with Gasteiger partial charge in [0.05, 0.1) is 0 Å². The van der Waals surface area contributed by atoms with Crippen LogP contribution in [0.5, 0.6) is 0 Å². The average molecular weight is 392 g/mol. The van der Waals surface area contributed by atoms with Crippen LogP contribution in [0.4, 0.5) is 24.5 Å². The van der Waals surface area contributed by atoms with Crippen molar-refractivity contribution in [1.82, 2.24) is 25.5 Å². The number of allylic oxidation sites excluding steroid dienone is 1. The summed E-state index contributed by atoms with van der Waals surface area (Å²) in [5.74, 6) is -1.63. The highest BCUT2D eigenvalue weighted by Gasteiger charge is 2.43. The summed E-state index contributed by atoms with van der Waals surface area (Å²) in [4.78, 5) is 14.0. The minimum absolute atomic E-state index is 0.0112. The van der Waals surface area contributed by atoms with Crippen LogP contribution in [0.2, 0.25) is 0 Å². The first kappa shape index (κ1) is 19.2. The molecule has 0 saturated carbocycles. The number of hydrogen-bond donors (Lipinski definition) is 2. The third-order valence-electron chi connectivity index (χ3n) is 4.13. The monoisotopic (exact) mass is 392 g/mol. The average Bonchev–Trinajstić information content (AvgIpc) is 3.22. The fourth-order valence-electron chi connectivity index (χ4n) is 2.69. The molecule has 2 N–H and O–H groups in total. The van der Waals surface area contributed by atoms with Crippen molar-refractivity contribution >= 4 is 22.9 Å². The normalized spacial score (nSPS) is 15.3. The van der Waals surface area contributed by atoms with Gasteiger partial charge in [0.15, 0.2) is 0 Å². The SMILES string of the molecule is N#CC(=CNc1ccc(N2CCN(C(=O)C(F)(F)F)CC2)cc1)c1nn[nH]n1. The molecule has 28 heavy (non-hydrogen) atoms. The van der Waals surface area contributed by atoms with Gasteiger partial charge in [0, 0.05) is 43.8 Å². The number of halogens is 3. The third kappa shape index (κ3) is 4.37. The Morgan fingerprint density at radius 2 is 1.89 bits per heavy atom. The van der Waals surface area contributed by atoms with E-state index in [1.807, 2.05) is 11.0 Å². The van der Waals surface area contributed by atoms with Gasteiger partial charge in [-0.3, -0.25) is 4.79 Å². The van der Waals surface area contributed by atoms with E-state index in [2.05, 4.69) is 25.9 Å². The molecule has 9 nitrogen and oxygen atoms in total. The lowest BCUT2D eigenvalue weighted by molar-refractivity contribution is -0.185. The second-order valence-electron chi connectivity index (χ2n) is 5.87. The number of nitrogens with zero attached hydrogens (tertiary/aromatic N) is 6. The second kappa shape index (κ2) is 7.95. The standard InChI is InChI=1S/C16H15F3N8O/c17-16(18,19)15(28)27-7-5-26(6-8-27)13-3-1-12(2-4-13)21-10-11(9-20)14-22-24-25-23-14/h1-4,10,21H,5-8H2,(H,22,23,24,25). The van der Waals surface area contributed by atoms with Crippen LogP contribution < -0.4 is 10.2 Å². The highest BCUT2D eigenvalue weighted by Crippen LogP contribution is 2.23. The highest BCUT2D eigenvalue weighted by atomic mass is 19.4. The number of H-pyrrole nitrogens is 1. The van der Waals surface area contributed by atoms with Gasteiger partial charge in [0.2, 0.25) is 5.82 Å². The highest BCUT2D eigenvalue weighted by molar-refractivity contribution is 5.82. The van der Waals surface area contributed by atoms with Crippen LogP contribution in [-0.2, 0) is 4.79 Å². The number of piperazine rings is 1. The van der Waals surface area contributed by atoms with Crippen LogP contribution in [0.1, 0.15) is 5.82 Å². The first-order valence-electron chi connectivity index (χ1n) is 8.20. The summed E-state index contributed by atoms with van der Waals surface area (Å²) in [5, 5.41) is 25.2. The van der Waals surface area contributed by atoms with Crippen molar-refractivity contribution in [2.45, 2.75) is 6.18 Å². The van der Waals surface area contributed by atoms with Crippen LogP contribution in [0.3, 0.4) is 0 Å². The Kier molecular flexibility index (Phi) is 5.44. The quantitative estimate of drug-likeness (QED) is 0.756. The Labute approximate surface area is 157 Å². The lowest BCUT2D eigenvalue weighted by Crippen LogP contribution is -2.52. The van der Waals surface area contributed by atoms with Gasteiger partial charge in [-0.05, 0) is 29.5 Å². The van der Waals surface area contributed by atoms with E-state index >= 15 is 0 Å². The van der Waals surface area contributed by atoms with Crippen LogP contribution in [0, 0.1) is 11.3 Å². The first-order valence-corrected chi connectivity index (χ1v) is 8.20. The minimum Gasteiger partial charge on any atom is -0.368 e. The number of anilines is 2. The Balaban J connectivity index is 1.58. The van der Waals surface area contributed by atoms with Crippen molar-refractivity contribution in [2.24, 2.45) is 0 Å². The zero-order valence-corrected chi connectivity index (χ0v) is 14.4. The molecule has 1 aromatic heterocycles. The van der Waals surface area contributed by atoms with E-state index in [1.165, 1.54) is 6.20 Å². The van der Waals surface area contributed by atoms with Crippen molar-refractivity contribution < 1.29 is 18.0 Å². The maximum absolute atomic E-state index is 12.5. The first-order chi connectivity index (χ1) is 13.4. The number of hydrogen-bond acceptors (Lipinski definition) is 7. The molecule has 3 rings (SSSR count). The molecule has 0 atom stereocenters. The number of aromatic nitrogens is 4. The maximum Gasteiger partial charge on any atom is 0.471 e. The third-order valence-corrected chi connectivity index (χ3v) is 4.13. The summed E-state index contributed by atoms with van der Waals surface area (Å²) in [6, 6.07) is 9.10. The van der Waals surface area contributed by atoms with Crippen LogP contribution in [0.25, 0.3) is 5.57 Å². The predicted molar refractivity (Wildman–Crippen MR) is 92.7 cm³/mol. The van der Waals surface area contributed by atoms with E-state index in [9.17, 15) is 18.0 Å². The number of tetrazole rings is 1. The van der Waals surface area contributed by atoms with Crippen molar-refractivity contribution in [3.8, 4) is 6.07 Å².